The zero-order valence-corrected chi connectivity index (χ0v) is 12.5. The van der Waals surface area contributed by atoms with Crippen LogP contribution in [-0.2, 0) is 16.6 Å². The van der Waals surface area contributed by atoms with E-state index in [-0.39, 0.29) is 6.10 Å². The minimum absolute atomic E-state index is 0.169. The van der Waals surface area contributed by atoms with Crippen LogP contribution in [0, 0.1) is 0 Å². The van der Waals surface area contributed by atoms with E-state index in [4.69, 9.17) is 4.74 Å². The molecule has 0 saturated heterocycles. The van der Waals surface area contributed by atoms with Crippen molar-refractivity contribution < 1.29 is 13.2 Å². The third kappa shape index (κ3) is 3.02. The first-order valence-corrected chi connectivity index (χ1v) is 8.58. The van der Waals surface area contributed by atoms with Gasteiger partial charge in [-0.3, -0.25) is 4.31 Å². The number of benzene rings is 1. The van der Waals surface area contributed by atoms with Gasteiger partial charge in [0.15, 0.2) is 0 Å². The van der Waals surface area contributed by atoms with Crippen molar-refractivity contribution in [3.8, 4) is 5.75 Å². The highest BCUT2D eigenvalue weighted by Gasteiger charge is 2.30. The van der Waals surface area contributed by atoms with Crippen LogP contribution in [-0.4, -0.2) is 36.9 Å². The average molecular weight is 307 g/mol. The number of rotatable bonds is 4. The number of ether oxygens (including phenoxy) is 1. The number of aromatic nitrogens is 2. The van der Waals surface area contributed by atoms with Crippen molar-refractivity contribution >= 4 is 15.7 Å². The Bertz CT molecular complexity index is 713. The number of anilines is 1. The van der Waals surface area contributed by atoms with Gasteiger partial charge in [0, 0.05) is 25.4 Å². The summed E-state index contributed by atoms with van der Waals surface area (Å²) in [5.74, 6) is 0.616. The molecule has 0 amide bonds. The molecule has 6 nitrogen and oxygen atoms in total. The van der Waals surface area contributed by atoms with Crippen LogP contribution in [0.4, 0.5) is 5.69 Å². The molecule has 21 heavy (non-hydrogen) atoms. The van der Waals surface area contributed by atoms with E-state index in [9.17, 15) is 8.42 Å². The molecule has 0 radical (unpaired) electrons. The van der Waals surface area contributed by atoms with Gasteiger partial charge < -0.3 is 9.30 Å². The fourth-order valence-electron chi connectivity index (χ4n) is 2.44. The van der Waals surface area contributed by atoms with Crippen molar-refractivity contribution in [3.05, 3.63) is 43.0 Å². The van der Waals surface area contributed by atoms with Gasteiger partial charge in [-0.25, -0.2) is 13.4 Å². The Hall–Kier alpha value is -2.02. The molecule has 0 N–H and O–H groups in total. The maximum absolute atomic E-state index is 12.0. The van der Waals surface area contributed by atoms with Crippen molar-refractivity contribution in [2.24, 2.45) is 0 Å². The molecule has 0 aliphatic carbocycles. The highest BCUT2D eigenvalue weighted by molar-refractivity contribution is 7.92. The first kappa shape index (κ1) is 13.9. The van der Waals surface area contributed by atoms with Gasteiger partial charge in [-0.1, -0.05) is 12.1 Å². The number of hydrogen-bond donors (Lipinski definition) is 0. The van der Waals surface area contributed by atoms with E-state index < -0.39 is 10.0 Å². The smallest absolute Gasteiger partial charge is 0.232 e. The highest BCUT2D eigenvalue weighted by atomic mass is 32.2. The summed E-state index contributed by atoms with van der Waals surface area (Å²) in [6.07, 6.45) is 7.12. The Balaban J connectivity index is 1.80. The maximum atomic E-state index is 12.0. The van der Waals surface area contributed by atoms with E-state index in [0.29, 0.717) is 18.0 Å². The van der Waals surface area contributed by atoms with E-state index in [1.807, 2.05) is 22.9 Å². The molecular formula is C14H17N3O3S. The van der Waals surface area contributed by atoms with E-state index in [1.54, 1.807) is 24.7 Å². The topological polar surface area (TPSA) is 64.4 Å². The zero-order valence-electron chi connectivity index (χ0n) is 11.7. The number of nitrogens with zero attached hydrogens (tertiary/aromatic N) is 3. The average Bonchev–Trinajstić information content (AvgIpc) is 2.96. The molecule has 2 heterocycles. The fraction of sp³-hybridized carbons (Fsp3) is 0.357. The normalized spacial score (nSPS) is 18.1. The van der Waals surface area contributed by atoms with Gasteiger partial charge in [0.25, 0.3) is 0 Å². The number of sulfonamides is 1. The number of aryl methyl sites for hydroxylation is 1. The van der Waals surface area contributed by atoms with E-state index in [0.717, 1.165) is 13.0 Å². The Labute approximate surface area is 124 Å². The van der Waals surface area contributed by atoms with E-state index in [2.05, 4.69) is 4.98 Å². The van der Waals surface area contributed by atoms with Crippen molar-refractivity contribution in [3.63, 3.8) is 0 Å². The summed E-state index contributed by atoms with van der Waals surface area (Å²) in [4.78, 5) is 3.99. The SMILES string of the molecule is CS(=O)(=O)N1C[C@H](CCn2ccnc2)Oc2ccccc21. The van der Waals surface area contributed by atoms with E-state index >= 15 is 0 Å². The summed E-state index contributed by atoms with van der Waals surface area (Å²) in [6.45, 7) is 1.08. The highest BCUT2D eigenvalue weighted by Crippen LogP contribution is 2.35. The molecular weight excluding hydrogens is 290 g/mol. The van der Waals surface area contributed by atoms with Crippen LogP contribution in [0.1, 0.15) is 6.42 Å². The van der Waals surface area contributed by atoms with Gasteiger partial charge in [-0.2, -0.15) is 0 Å². The van der Waals surface area contributed by atoms with Crippen molar-refractivity contribution in [2.75, 3.05) is 17.1 Å². The lowest BCUT2D eigenvalue weighted by Crippen LogP contribution is -2.43. The lowest BCUT2D eigenvalue weighted by Gasteiger charge is -2.34. The van der Waals surface area contributed by atoms with Crippen LogP contribution in [0.3, 0.4) is 0 Å². The molecule has 0 fully saturated rings. The third-order valence-electron chi connectivity index (χ3n) is 3.47. The third-order valence-corrected chi connectivity index (χ3v) is 4.61. The molecule has 1 atom stereocenters. The predicted molar refractivity (Wildman–Crippen MR) is 79.9 cm³/mol. The second kappa shape index (κ2) is 5.40. The standard InChI is InChI=1S/C14H17N3O3S/c1-21(18,19)17-10-12(6-8-16-9-7-15-11-16)20-14-5-3-2-4-13(14)17/h2-5,7,9,11-12H,6,8,10H2,1H3/t12-/m0/s1. The second-order valence-electron chi connectivity index (χ2n) is 5.09. The van der Waals surface area contributed by atoms with Crippen molar-refractivity contribution in [1.82, 2.24) is 9.55 Å². The summed E-state index contributed by atoms with van der Waals surface area (Å²) in [7, 11) is -3.31. The van der Waals surface area contributed by atoms with Gasteiger partial charge >= 0.3 is 0 Å². The first-order valence-electron chi connectivity index (χ1n) is 6.73. The summed E-state index contributed by atoms with van der Waals surface area (Å²) in [6, 6.07) is 7.23. The van der Waals surface area contributed by atoms with E-state index in [1.165, 1.54) is 10.6 Å². The second-order valence-corrected chi connectivity index (χ2v) is 7.00. The van der Waals surface area contributed by atoms with Gasteiger partial charge in [0.1, 0.15) is 11.9 Å². The van der Waals surface area contributed by atoms with Gasteiger partial charge in [0.2, 0.25) is 10.0 Å². The van der Waals surface area contributed by atoms with Crippen molar-refractivity contribution in [2.45, 2.75) is 19.1 Å². The first-order chi connectivity index (χ1) is 10.0. The predicted octanol–water partition coefficient (Wildman–Crippen LogP) is 1.50. The number of fused-ring (bicyclic) bond motifs is 1. The summed E-state index contributed by atoms with van der Waals surface area (Å²) in [5, 5.41) is 0. The lowest BCUT2D eigenvalue weighted by atomic mass is 10.2. The Morgan fingerprint density at radius 1 is 1.38 bits per heavy atom. The van der Waals surface area contributed by atoms with Crippen LogP contribution in [0.25, 0.3) is 0 Å². The Morgan fingerprint density at radius 2 is 2.19 bits per heavy atom. The van der Waals surface area contributed by atoms with Gasteiger partial charge in [-0.15, -0.1) is 0 Å². The fourth-order valence-corrected chi connectivity index (χ4v) is 3.38. The summed E-state index contributed by atoms with van der Waals surface area (Å²) in [5.41, 5.74) is 0.610. The summed E-state index contributed by atoms with van der Waals surface area (Å²) < 4.78 is 33.3. The largest absolute Gasteiger partial charge is 0.486 e. The van der Waals surface area contributed by atoms with Crippen LogP contribution < -0.4 is 9.04 Å². The molecule has 1 aromatic heterocycles. The molecule has 2 aromatic rings. The summed E-state index contributed by atoms with van der Waals surface area (Å²) >= 11 is 0. The monoisotopic (exact) mass is 307 g/mol. The Kier molecular flexibility index (Phi) is 3.59. The van der Waals surface area contributed by atoms with Crippen molar-refractivity contribution in [1.29, 1.82) is 0 Å². The molecule has 1 aromatic carbocycles. The van der Waals surface area contributed by atoms with Crippen LogP contribution in [0.15, 0.2) is 43.0 Å². The molecule has 112 valence electrons. The number of imidazole rings is 1. The molecule has 0 unspecified atom stereocenters. The minimum atomic E-state index is -3.31. The maximum Gasteiger partial charge on any atom is 0.232 e. The molecule has 3 rings (SSSR count). The molecule has 1 aliphatic rings. The zero-order chi connectivity index (χ0) is 14.9. The number of hydrogen-bond acceptors (Lipinski definition) is 4. The van der Waals surface area contributed by atoms with Gasteiger partial charge in [-0.05, 0) is 12.1 Å². The number of para-hydroxylation sites is 2. The van der Waals surface area contributed by atoms with Crippen LogP contribution in [0.5, 0.6) is 5.75 Å². The lowest BCUT2D eigenvalue weighted by molar-refractivity contribution is 0.183. The Morgan fingerprint density at radius 3 is 2.90 bits per heavy atom. The molecule has 1 aliphatic heterocycles. The quantitative estimate of drug-likeness (QED) is 0.858. The van der Waals surface area contributed by atoms with Crippen LogP contribution >= 0.6 is 0 Å². The van der Waals surface area contributed by atoms with Crippen LogP contribution in [0.2, 0.25) is 0 Å². The minimum Gasteiger partial charge on any atom is -0.486 e. The molecule has 0 bridgehead atoms. The molecule has 7 heteroatoms. The van der Waals surface area contributed by atoms with Gasteiger partial charge in [0.05, 0.1) is 24.8 Å². The molecule has 0 spiro atoms. The molecule has 0 saturated carbocycles.